The van der Waals surface area contributed by atoms with Crippen molar-refractivity contribution in [1.82, 2.24) is 10.3 Å². The maximum Gasteiger partial charge on any atom is 0.185 e. The summed E-state index contributed by atoms with van der Waals surface area (Å²) in [7, 11) is 0. The molecule has 1 aromatic rings. The molecule has 0 saturated heterocycles. The summed E-state index contributed by atoms with van der Waals surface area (Å²) in [5, 5.41) is 9.58. The first-order valence-corrected chi connectivity index (χ1v) is 5.42. The smallest absolute Gasteiger partial charge is 0.185 e. The Morgan fingerprint density at radius 1 is 1.73 bits per heavy atom. The van der Waals surface area contributed by atoms with E-state index < -0.39 is 0 Å². The Balaban J connectivity index is 2.10. The Bertz CT molecular complexity index is 323. The molecule has 0 aliphatic carbocycles. The van der Waals surface area contributed by atoms with Crippen LogP contribution in [0.4, 0.5) is 0 Å². The molecule has 5 nitrogen and oxygen atoms in total. The van der Waals surface area contributed by atoms with Gasteiger partial charge in [-0.25, -0.2) is 0 Å². The molecule has 81 valence electrons. The lowest BCUT2D eigenvalue weighted by molar-refractivity contribution is 0.103. The summed E-state index contributed by atoms with van der Waals surface area (Å²) >= 11 is 1.34. The number of hydrogen-bond donors (Lipinski definition) is 3. The van der Waals surface area contributed by atoms with Crippen molar-refractivity contribution in [3.63, 3.8) is 0 Å². The summed E-state index contributed by atoms with van der Waals surface area (Å²) in [6.45, 7) is 0.613. The molecule has 1 aromatic heterocycles. The molecule has 0 aliphatic heterocycles. The highest BCUT2D eigenvalue weighted by atomic mass is 32.1. The summed E-state index contributed by atoms with van der Waals surface area (Å²) in [6.07, 6.45) is 4.66. The fourth-order valence-corrected chi connectivity index (χ4v) is 1.55. The van der Waals surface area contributed by atoms with E-state index in [4.69, 9.17) is 11.1 Å². The van der Waals surface area contributed by atoms with Gasteiger partial charge in [0.15, 0.2) is 11.7 Å². The molecule has 1 rings (SSSR count). The van der Waals surface area contributed by atoms with Gasteiger partial charge in [0.05, 0.1) is 10.4 Å². The Hall–Kier alpha value is -1.43. The van der Waals surface area contributed by atoms with Crippen LogP contribution in [0.1, 0.15) is 22.5 Å². The number of guanidine groups is 1. The Labute approximate surface area is 92.2 Å². The second-order valence-electron chi connectivity index (χ2n) is 2.92. The molecular formula is C9H13N4OS. The van der Waals surface area contributed by atoms with Crippen molar-refractivity contribution in [1.29, 1.82) is 5.41 Å². The highest BCUT2D eigenvalue weighted by molar-refractivity contribution is 7.11. The second-order valence-corrected chi connectivity index (χ2v) is 3.80. The normalized spacial score (nSPS) is 9.87. The molecule has 15 heavy (non-hydrogen) atoms. The van der Waals surface area contributed by atoms with Gasteiger partial charge in [0.2, 0.25) is 0 Å². The monoisotopic (exact) mass is 225 g/mol. The molecule has 0 bridgehead atoms. The molecule has 0 aliphatic rings. The van der Waals surface area contributed by atoms with Gasteiger partial charge < -0.3 is 11.1 Å². The van der Waals surface area contributed by atoms with E-state index in [0.29, 0.717) is 17.8 Å². The van der Waals surface area contributed by atoms with Crippen molar-refractivity contribution >= 4 is 23.1 Å². The number of thiazole rings is 1. The Kier molecular flexibility index (Phi) is 4.76. The fraction of sp³-hybridized carbons (Fsp3) is 0.333. The van der Waals surface area contributed by atoms with Crippen LogP contribution < -0.4 is 11.1 Å². The zero-order chi connectivity index (χ0) is 11.1. The highest BCUT2D eigenvalue weighted by Crippen LogP contribution is 2.09. The zero-order valence-electron chi connectivity index (χ0n) is 8.19. The van der Waals surface area contributed by atoms with Gasteiger partial charge in [-0.3, -0.25) is 15.2 Å². The number of rotatable bonds is 6. The van der Waals surface area contributed by atoms with Gasteiger partial charge >= 0.3 is 0 Å². The van der Waals surface area contributed by atoms with Crippen LogP contribution in [-0.4, -0.2) is 23.3 Å². The van der Waals surface area contributed by atoms with E-state index >= 15 is 0 Å². The molecule has 0 amide bonds. The summed E-state index contributed by atoms with van der Waals surface area (Å²) in [5.74, 6) is -0.0240. The number of ketones is 1. The van der Waals surface area contributed by atoms with Crippen LogP contribution in [0.15, 0.2) is 11.7 Å². The average Bonchev–Trinajstić information content (AvgIpc) is 2.69. The van der Waals surface area contributed by atoms with Gasteiger partial charge in [-0.05, 0) is 12.8 Å². The van der Waals surface area contributed by atoms with Crippen molar-refractivity contribution in [2.45, 2.75) is 12.8 Å². The molecule has 1 radical (unpaired) electrons. The van der Waals surface area contributed by atoms with Crippen LogP contribution in [0.2, 0.25) is 0 Å². The first-order chi connectivity index (χ1) is 7.20. The number of Topliss-reactive ketones (excluding diaryl/α,β-unsaturated/α-hetero) is 1. The van der Waals surface area contributed by atoms with Crippen LogP contribution in [0, 0.1) is 11.8 Å². The number of nitrogens with zero attached hydrogens (tertiary/aromatic N) is 1. The maximum absolute atomic E-state index is 11.4. The fourth-order valence-electron chi connectivity index (χ4n) is 0.996. The molecule has 6 heteroatoms. The summed E-state index contributed by atoms with van der Waals surface area (Å²) < 4.78 is 0. The molecule has 0 spiro atoms. The largest absolute Gasteiger partial charge is 0.370 e. The predicted molar refractivity (Wildman–Crippen MR) is 59.9 cm³/mol. The first kappa shape index (κ1) is 11.6. The topological polar surface area (TPSA) is 91.9 Å². The van der Waals surface area contributed by atoms with E-state index in [1.807, 2.05) is 0 Å². The quantitative estimate of drug-likeness (QED) is 0.289. The third-order valence-electron chi connectivity index (χ3n) is 1.70. The molecule has 0 fully saturated rings. The van der Waals surface area contributed by atoms with Crippen molar-refractivity contribution in [2.75, 3.05) is 6.54 Å². The van der Waals surface area contributed by atoms with Gasteiger partial charge in [0, 0.05) is 19.2 Å². The lowest BCUT2D eigenvalue weighted by atomic mass is 10.1. The lowest BCUT2D eigenvalue weighted by Crippen LogP contribution is -2.30. The van der Waals surface area contributed by atoms with Crippen LogP contribution in [0.3, 0.4) is 0 Å². The number of nitrogens with two attached hydrogens (primary N) is 1. The summed E-state index contributed by atoms with van der Waals surface area (Å²) in [6, 6.07) is 0. The molecule has 1 heterocycles. The zero-order valence-corrected chi connectivity index (χ0v) is 9.01. The second kappa shape index (κ2) is 6.13. The van der Waals surface area contributed by atoms with E-state index in [0.717, 1.165) is 6.42 Å². The van der Waals surface area contributed by atoms with Crippen molar-refractivity contribution in [3.8, 4) is 0 Å². The predicted octanol–water partition coefficient (Wildman–Crippen LogP) is 0.793. The summed E-state index contributed by atoms with van der Waals surface area (Å²) in [4.78, 5) is 15.9. The van der Waals surface area contributed by atoms with Gasteiger partial charge in [0.1, 0.15) is 0 Å². The number of unbranched alkanes of at least 4 members (excludes halogenated alkanes) is 1. The molecule has 0 saturated carbocycles. The van der Waals surface area contributed by atoms with Crippen LogP contribution in [0.5, 0.6) is 0 Å². The van der Waals surface area contributed by atoms with E-state index in [1.165, 1.54) is 11.3 Å². The van der Waals surface area contributed by atoms with E-state index in [9.17, 15) is 4.79 Å². The van der Waals surface area contributed by atoms with E-state index in [-0.39, 0.29) is 11.7 Å². The van der Waals surface area contributed by atoms with Crippen molar-refractivity contribution < 1.29 is 4.79 Å². The third kappa shape index (κ3) is 4.55. The SMILES string of the molecule is N=C(N)NCCC[CH]C(=O)c1cncs1. The number of carbonyl (C=O) groups excluding carboxylic acids is 1. The minimum atomic E-state index is -0.0382. The van der Waals surface area contributed by atoms with Crippen LogP contribution in [-0.2, 0) is 0 Å². The Morgan fingerprint density at radius 3 is 3.13 bits per heavy atom. The number of hydrogen-bond acceptors (Lipinski definition) is 4. The van der Waals surface area contributed by atoms with Gasteiger partial charge in [-0.15, -0.1) is 11.3 Å². The lowest BCUT2D eigenvalue weighted by Gasteiger charge is -2.01. The number of carbonyl (C=O) groups is 1. The van der Waals surface area contributed by atoms with Gasteiger partial charge in [0.25, 0.3) is 0 Å². The molecule has 4 N–H and O–H groups in total. The molecular weight excluding hydrogens is 212 g/mol. The number of nitrogens with one attached hydrogen (secondary N) is 2. The minimum absolute atomic E-state index is 0.0142. The minimum Gasteiger partial charge on any atom is -0.370 e. The van der Waals surface area contributed by atoms with Crippen LogP contribution >= 0.6 is 11.3 Å². The molecule has 0 unspecified atom stereocenters. The van der Waals surface area contributed by atoms with E-state index in [1.54, 1.807) is 18.1 Å². The molecule has 0 aromatic carbocycles. The first-order valence-electron chi connectivity index (χ1n) is 4.54. The van der Waals surface area contributed by atoms with Gasteiger partial charge in [-0.2, -0.15) is 0 Å². The van der Waals surface area contributed by atoms with Crippen molar-refractivity contribution in [2.24, 2.45) is 5.73 Å². The Morgan fingerprint density at radius 2 is 2.53 bits per heavy atom. The molecule has 0 atom stereocenters. The highest BCUT2D eigenvalue weighted by Gasteiger charge is 2.06. The maximum atomic E-state index is 11.4. The standard InChI is InChI=1S/C9H13N4OS/c10-9(11)13-4-2-1-3-7(14)8-5-12-6-15-8/h3,5-6H,1-2,4H2,(H4,10,11,13). The average molecular weight is 225 g/mol. The van der Waals surface area contributed by atoms with Gasteiger partial charge in [-0.1, -0.05) is 0 Å². The summed E-state index contributed by atoms with van der Waals surface area (Å²) in [5.41, 5.74) is 6.74. The van der Waals surface area contributed by atoms with E-state index in [2.05, 4.69) is 10.3 Å². The van der Waals surface area contributed by atoms with Crippen molar-refractivity contribution in [3.05, 3.63) is 23.0 Å². The third-order valence-corrected chi connectivity index (χ3v) is 2.49. The van der Waals surface area contributed by atoms with Crippen LogP contribution in [0.25, 0.3) is 0 Å². The number of aromatic nitrogens is 1.